The molecule has 3 N–H and O–H groups in total. The van der Waals surface area contributed by atoms with Gasteiger partial charge in [-0.05, 0) is 31.1 Å². The SMILES string of the molecule is COc1cc(O)c2c(c1)/C=C/C[C@H](O)[C@H](O)C(=O)/C=C\C(C(F)(F)F)C(C)OC2=O. The smallest absolute Gasteiger partial charge is 0.398 e. The van der Waals surface area contributed by atoms with Gasteiger partial charge in [-0.1, -0.05) is 18.2 Å². The minimum atomic E-state index is -4.87. The first-order valence-corrected chi connectivity index (χ1v) is 8.89. The second-order valence-corrected chi connectivity index (χ2v) is 6.70. The van der Waals surface area contributed by atoms with E-state index in [4.69, 9.17) is 9.47 Å². The van der Waals surface area contributed by atoms with Crippen molar-refractivity contribution >= 4 is 17.8 Å². The molecule has 0 saturated heterocycles. The Bertz CT molecular complexity index is 861. The second-order valence-electron chi connectivity index (χ2n) is 6.70. The van der Waals surface area contributed by atoms with E-state index in [1.54, 1.807) is 0 Å². The molecule has 0 fully saturated rings. The summed E-state index contributed by atoms with van der Waals surface area (Å²) >= 11 is 0. The third kappa shape index (κ3) is 5.39. The van der Waals surface area contributed by atoms with Crippen LogP contribution in [0.4, 0.5) is 13.2 Å². The average molecular weight is 430 g/mol. The summed E-state index contributed by atoms with van der Waals surface area (Å²) in [5.41, 5.74) is -0.347. The minimum absolute atomic E-state index is 0.0493. The van der Waals surface area contributed by atoms with Crippen LogP contribution in [0.5, 0.6) is 11.5 Å². The fraction of sp³-hybridized carbons (Fsp3) is 0.400. The summed E-state index contributed by atoms with van der Waals surface area (Å²) in [4.78, 5) is 24.5. The van der Waals surface area contributed by atoms with E-state index in [-0.39, 0.29) is 17.7 Å². The molecule has 0 bridgehead atoms. The molecule has 1 heterocycles. The lowest BCUT2D eigenvalue weighted by molar-refractivity contribution is -0.182. The highest BCUT2D eigenvalue weighted by Crippen LogP contribution is 2.34. The number of carbonyl (C=O) groups excluding carboxylic acids is 2. The third-order valence-electron chi connectivity index (χ3n) is 4.54. The number of phenolic OH excluding ortho intramolecular Hbond substituents is 1. The predicted octanol–water partition coefficient (Wildman–Crippen LogP) is 2.39. The van der Waals surface area contributed by atoms with Crippen molar-refractivity contribution in [2.45, 2.75) is 37.8 Å². The number of aliphatic hydroxyl groups is 2. The second kappa shape index (κ2) is 9.31. The molecule has 2 unspecified atom stereocenters. The van der Waals surface area contributed by atoms with Crippen LogP contribution in [-0.2, 0) is 9.53 Å². The van der Waals surface area contributed by atoms with Crippen molar-refractivity contribution in [1.29, 1.82) is 0 Å². The molecule has 7 nitrogen and oxygen atoms in total. The lowest BCUT2D eigenvalue weighted by Crippen LogP contribution is -2.36. The van der Waals surface area contributed by atoms with Gasteiger partial charge in [0.05, 0.1) is 13.2 Å². The van der Waals surface area contributed by atoms with E-state index >= 15 is 0 Å². The third-order valence-corrected chi connectivity index (χ3v) is 4.54. The molecule has 164 valence electrons. The van der Waals surface area contributed by atoms with Crippen molar-refractivity contribution in [3.05, 3.63) is 41.5 Å². The topological polar surface area (TPSA) is 113 Å². The standard InChI is InChI=1S/C20H21F3O7/c1-10-13(20(21,22)23)6-7-15(25)18(27)14(24)5-3-4-11-8-12(29-2)9-16(26)17(11)19(28)30-10/h3-4,6-10,13-14,18,24,26-27H,5H2,1-2H3/b4-3+,7-6-/t10?,13?,14-,18-/m0/s1. The van der Waals surface area contributed by atoms with Crippen LogP contribution < -0.4 is 4.74 Å². The van der Waals surface area contributed by atoms with Gasteiger partial charge in [-0.25, -0.2) is 4.79 Å². The van der Waals surface area contributed by atoms with Crippen LogP contribution in [0.2, 0.25) is 0 Å². The number of esters is 1. The summed E-state index contributed by atoms with van der Waals surface area (Å²) < 4.78 is 50.2. The maximum atomic E-state index is 13.4. The van der Waals surface area contributed by atoms with Crippen LogP contribution >= 0.6 is 0 Å². The van der Waals surface area contributed by atoms with E-state index in [0.29, 0.717) is 12.2 Å². The fourth-order valence-corrected chi connectivity index (χ4v) is 2.88. The number of fused-ring (bicyclic) bond motifs is 1. The van der Waals surface area contributed by atoms with Crippen LogP contribution in [0, 0.1) is 5.92 Å². The zero-order valence-electron chi connectivity index (χ0n) is 16.1. The number of ether oxygens (including phenoxy) is 2. The van der Waals surface area contributed by atoms with Gasteiger partial charge in [-0.15, -0.1) is 0 Å². The first-order chi connectivity index (χ1) is 14.0. The molecule has 30 heavy (non-hydrogen) atoms. The molecule has 1 aromatic rings. The number of hydrogen-bond acceptors (Lipinski definition) is 7. The van der Waals surface area contributed by atoms with Crippen LogP contribution in [0.1, 0.15) is 29.3 Å². The number of phenols is 1. The Labute approximate surface area is 170 Å². The number of ketones is 1. The minimum Gasteiger partial charge on any atom is -0.507 e. The lowest BCUT2D eigenvalue weighted by Gasteiger charge is -2.24. The van der Waals surface area contributed by atoms with Gasteiger partial charge in [0.1, 0.15) is 35.2 Å². The number of halogens is 3. The highest BCUT2D eigenvalue weighted by Gasteiger charge is 2.43. The first-order valence-electron chi connectivity index (χ1n) is 8.89. The molecule has 0 spiro atoms. The molecule has 4 atom stereocenters. The maximum Gasteiger partial charge on any atom is 0.398 e. The molecule has 1 aromatic carbocycles. The summed E-state index contributed by atoms with van der Waals surface area (Å²) in [6.07, 6.45) is -6.86. The van der Waals surface area contributed by atoms with Gasteiger partial charge in [0.15, 0.2) is 5.78 Å². The summed E-state index contributed by atoms with van der Waals surface area (Å²) in [5.74, 6) is -5.12. The van der Waals surface area contributed by atoms with Crippen molar-refractivity contribution in [1.82, 2.24) is 0 Å². The number of methoxy groups -OCH3 is 1. The molecule has 2 rings (SSSR count). The highest BCUT2D eigenvalue weighted by molar-refractivity contribution is 5.97. The predicted molar refractivity (Wildman–Crippen MR) is 98.9 cm³/mol. The summed E-state index contributed by atoms with van der Waals surface area (Å²) in [6, 6.07) is 2.43. The van der Waals surface area contributed by atoms with Crippen LogP contribution in [0.3, 0.4) is 0 Å². The number of cyclic esters (lactones) is 1. The Kier molecular flexibility index (Phi) is 7.27. The van der Waals surface area contributed by atoms with Gasteiger partial charge in [0.25, 0.3) is 0 Å². The number of aromatic hydroxyl groups is 1. The normalized spacial score (nSPS) is 28.1. The highest BCUT2D eigenvalue weighted by atomic mass is 19.4. The monoisotopic (exact) mass is 430 g/mol. The van der Waals surface area contributed by atoms with Crippen molar-refractivity contribution < 1.29 is 47.6 Å². The molecule has 10 heteroatoms. The van der Waals surface area contributed by atoms with Crippen molar-refractivity contribution in [3.63, 3.8) is 0 Å². The number of alkyl halides is 3. The van der Waals surface area contributed by atoms with Crippen molar-refractivity contribution in [3.8, 4) is 11.5 Å². The summed E-state index contributed by atoms with van der Waals surface area (Å²) in [7, 11) is 1.31. The molecule has 0 amide bonds. The van der Waals surface area contributed by atoms with E-state index < -0.39 is 53.5 Å². The van der Waals surface area contributed by atoms with Crippen LogP contribution in [-0.4, -0.2) is 58.7 Å². The van der Waals surface area contributed by atoms with Crippen molar-refractivity contribution in [2.24, 2.45) is 5.92 Å². The number of hydrogen-bond donors (Lipinski definition) is 3. The first kappa shape index (κ1) is 23.4. The average Bonchev–Trinajstić information content (AvgIpc) is 2.64. The molecule has 0 radical (unpaired) electrons. The van der Waals surface area contributed by atoms with Gasteiger partial charge in [-0.3, -0.25) is 4.79 Å². The van der Waals surface area contributed by atoms with E-state index in [2.05, 4.69) is 0 Å². The van der Waals surface area contributed by atoms with Crippen molar-refractivity contribution in [2.75, 3.05) is 7.11 Å². The van der Waals surface area contributed by atoms with E-state index in [9.17, 15) is 38.1 Å². The van der Waals surface area contributed by atoms with Gasteiger partial charge < -0.3 is 24.8 Å². The number of rotatable bonds is 1. The van der Waals surface area contributed by atoms with Crippen LogP contribution in [0.25, 0.3) is 6.08 Å². The lowest BCUT2D eigenvalue weighted by atomic mass is 9.98. The largest absolute Gasteiger partial charge is 0.507 e. The Morgan fingerprint density at radius 2 is 1.83 bits per heavy atom. The Hall–Kier alpha value is -2.85. The molecule has 0 aliphatic carbocycles. The van der Waals surface area contributed by atoms with Gasteiger partial charge in [0, 0.05) is 6.07 Å². The Morgan fingerprint density at radius 3 is 2.43 bits per heavy atom. The number of aliphatic hydroxyl groups excluding tert-OH is 2. The summed E-state index contributed by atoms with van der Waals surface area (Å²) in [5, 5.41) is 30.0. The van der Waals surface area contributed by atoms with E-state index in [1.165, 1.54) is 25.3 Å². The van der Waals surface area contributed by atoms with E-state index in [1.807, 2.05) is 0 Å². The molecule has 0 aromatic heterocycles. The quantitative estimate of drug-likeness (QED) is 0.587. The maximum absolute atomic E-state index is 13.4. The van der Waals surface area contributed by atoms with Gasteiger partial charge >= 0.3 is 12.1 Å². The zero-order chi connectivity index (χ0) is 22.6. The van der Waals surface area contributed by atoms with Gasteiger partial charge in [-0.2, -0.15) is 13.2 Å². The number of carbonyl (C=O) groups is 2. The number of benzene rings is 1. The Morgan fingerprint density at radius 1 is 1.17 bits per heavy atom. The zero-order valence-corrected chi connectivity index (χ0v) is 16.1. The molecule has 1 aliphatic heterocycles. The fourth-order valence-electron chi connectivity index (χ4n) is 2.88. The van der Waals surface area contributed by atoms with E-state index in [0.717, 1.165) is 13.0 Å². The summed E-state index contributed by atoms with van der Waals surface area (Å²) in [6.45, 7) is 0.984. The molecular formula is C20H21F3O7. The molecular weight excluding hydrogens is 409 g/mol. The van der Waals surface area contributed by atoms with Gasteiger partial charge in [0.2, 0.25) is 0 Å². The molecule has 1 aliphatic rings. The molecule has 0 saturated carbocycles. The van der Waals surface area contributed by atoms with Crippen LogP contribution in [0.15, 0.2) is 30.4 Å². The Balaban J connectivity index is 2.58.